The van der Waals surface area contributed by atoms with Crippen LogP contribution in [0.4, 0.5) is 0 Å². The van der Waals surface area contributed by atoms with Crippen molar-refractivity contribution in [2.75, 3.05) is 7.11 Å². The molecule has 9 heteroatoms. The molecule has 6 nitrogen and oxygen atoms in total. The Balaban J connectivity index is 0.000000555. The first-order valence-corrected chi connectivity index (χ1v) is 11.4. The normalized spacial score (nSPS) is 10.9. The standard InChI is InChI=1S/C24H17Cl2O2.ClHO4/c1-27-20-10-7-16(8-11-20)19-14-23(17-5-3-2-4-6-17)28-24(15-19)18-9-12-21(25)22(26)13-18;2-1(3,4)5/h2-15H,1H3;(H,2,3,4,5)/q+1;/p-1. The van der Waals surface area contributed by atoms with Crippen molar-refractivity contribution in [1.29, 1.82) is 0 Å². The molecule has 1 heterocycles. The fourth-order valence-corrected chi connectivity index (χ4v) is 3.29. The summed E-state index contributed by atoms with van der Waals surface area (Å²) in [5.41, 5.74) is 3.96. The minimum absolute atomic E-state index is 0.491. The van der Waals surface area contributed by atoms with E-state index in [1.54, 1.807) is 13.2 Å². The molecule has 0 bridgehead atoms. The molecule has 0 unspecified atom stereocenters. The maximum Gasteiger partial charge on any atom is 0.361 e. The van der Waals surface area contributed by atoms with E-state index >= 15 is 0 Å². The van der Waals surface area contributed by atoms with Crippen LogP contribution in [0.3, 0.4) is 0 Å². The molecule has 170 valence electrons. The van der Waals surface area contributed by atoms with Crippen molar-refractivity contribution >= 4 is 23.2 Å². The second-order valence-electron chi connectivity index (χ2n) is 6.68. The second kappa shape index (κ2) is 11.0. The third kappa shape index (κ3) is 7.42. The van der Waals surface area contributed by atoms with Gasteiger partial charge in [0.05, 0.1) is 40.4 Å². The van der Waals surface area contributed by atoms with Crippen molar-refractivity contribution in [2.45, 2.75) is 0 Å². The van der Waals surface area contributed by atoms with E-state index in [0.717, 1.165) is 33.8 Å². The lowest BCUT2D eigenvalue weighted by molar-refractivity contribution is -2.00. The van der Waals surface area contributed by atoms with Gasteiger partial charge in [-0.05, 0) is 48.0 Å². The highest BCUT2D eigenvalue weighted by molar-refractivity contribution is 6.42. The molecule has 0 fully saturated rings. The van der Waals surface area contributed by atoms with Gasteiger partial charge in [0.2, 0.25) is 0 Å². The van der Waals surface area contributed by atoms with Crippen molar-refractivity contribution in [3.8, 4) is 39.5 Å². The van der Waals surface area contributed by atoms with Crippen molar-refractivity contribution in [2.24, 2.45) is 0 Å². The Kier molecular flexibility index (Phi) is 8.29. The Labute approximate surface area is 202 Å². The van der Waals surface area contributed by atoms with E-state index in [4.69, 9.17) is 51.0 Å². The fourth-order valence-electron chi connectivity index (χ4n) is 2.99. The highest BCUT2D eigenvalue weighted by Gasteiger charge is 2.21. The van der Waals surface area contributed by atoms with Gasteiger partial charge in [0.15, 0.2) is 0 Å². The summed E-state index contributed by atoms with van der Waals surface area (Å²) in [6.45, 7) is 0. The maximum absolute atomic E-state index is 8.49. The highest BCUT2D eigenvalue weighted by atomic mass is 35.7. The van der Waals surface area contributed by atoms with Crippen LogP contribution in [0.5, 0.6) is 5.75 Å². The van der Waals surface area contributed by atoms with Gasteiger partial charge < -0.3 is 4.74 Å². The number of rotatable bonds is 4. The molecule has 0 saturated heterocycles. The number of methoxy groups -OCH3 is 1. The molecule has 4 rings (SSSR count). The van der Waals surface area contributed by atoms with Crippen molar-refractivity contribution in [3.05, 3.63) is 95.0 Å². The molecule has 0 aliphatic heterocycles. The molecule has 0 atom stereocenters. The van der Waals surface area contributed by atoms with Crippen LogP contribution in [0, 0.1) is 10.2 Å². The van der Waals surface area contributed by atoms with Crippen molar-refractivity contribution in [3.63, 3.8) is 0 Å². The first-order chi connectivity index (χ1) is 15.6. The average Bonchev–Trinajstić information content (AvgIpc) is 2.80. The lowest BCUT2D eigenvalue weighted by Crippen LogP contribution is -2.68. The summed E-state index contributed by atoms with van der Waals surface area (Å²) in [6.07, 6.45) is 0. The summed E-state index contributed by atoms with van der Waals surface area (Å²) in [7, 11) is -3.29. The molecule has 1 aromatic heterocycles. The van der Waals surface area contributed by atoms with Crippen LogP contribution >= 0.6 is 23.2 Å². The van der Waals surface area contributed by atoms with Crippen LogP contribution in [-0.4, -0.2) is 7.11 Å². The van der Waals surface area contributed by atoms with Crippen molar-refractivity contribution < 1.29 is 38.0 Å². The van der Waals surface area contributed by atoms with Gasteiger partial charge in [0.1, 0.15) is 5.75 Å². The summed E-state index contributed by atoms with van der Waals surface area (Å²) in [5.74, 6) is 2.30. The van der Waals surface area contributed by atoms with Gasteiger partial charge in [-0.2, -0.15) is 0 Å². The van der Waals surface area contributed by atoms with Crippen LogP contribution < -0.4 is 23.4 Å². The van der Waals surface area contributed by atoms with Gasteiger partial charge >= 0.3 is 11.5 Å². The highest BCUT2D eigenvalue weighted by Crippen LogP contribution is 2.35. The number of benzene rings is 3. The summed E-state index contributed by atoms with van der Waals surface area (Å²) >= 11 is 12.3. The molecular weight excluding hydrogens is 491 g/mol. The van der Waals surface area contributed by atoms with E-state index in [2.05, 4.69) is 0 Å². The van der Waals surface area contributed by atoms with E-state index < -0.39 is 10.2 Å². The van der Waals surface area contributed by atoms with E-state index in [1.807, 2.05) is 78.9 Å². The number of hydrogen-bond acceptors (Lipinski definition) is 5. The number of ether oxygens (including phenoxy) is 1. The fraction of sp³-hybridized carbons (Fsp3) is 0.0417. The predicted molar refractivity (Wildman–Crippen MR) is 116 cm³/mol. The summed E-state index contributed by atoms with van der Waals surface area (Å²) in [5, 5.41) is 1.01. The van der Waals surface area contributed by atoms with Gasteiger partial charge in [-0.25, -0.2) is 23.1 Å². The molecule has 0 radical (unpaired) electrons. The number of halogens is 3. The largest absolute Gasteiger partial charge is 0.497 e. The average molecular weight is 508 g/mol. The minimum Gasteiger partial charge on any atom is -0.497 e. The Hall–Kier alpha value is -2.68. The SMILES string of the molecule is COc1ccc(-c2cc(-c3ccccc3)[o+]c(-c3ccc(Cl)c(Cl)c3)c2)cc1.[O-][Cl+3]([O-])([O-])[O-]. The first kappa shape index (κ1) is 25.0. The summed E-state index contributed by atoms with van der Waals surface area (Å²) < 4.78 is 45.5. The third-order valence-corrected chi connectivity index (χ3v) is 5.22. The molecule has 0 N–H and O–H groups in total. The summed E-state index contributed by atoms with van der Waals surface area (Å²) in [6, 6.07) is 27.5. The lowest BCUT2D eigenvalue weighted by Gasteiger charge is -2.17. The first-order valence-electron chi connectivity index (χ1n) is 9.39. The Bertz CT molecular complexity index is 1200. The zero-order valence-corrected chi connectivity index (χ0v) is 19.4. The van der Waals surface area contributed by atoms with E-state index in [-0.39, 0.29) is 0 Å². The van der Waals surface area contributed by atoms with Crippen LogP contribution in [-0.2, 0) is 0 Å². The van der Waals surface area contributed by atoms with Crippen LogP contribution in [0.15, 0.2) is 89.3 Å². The zero-order valence-electron chi connectivity index (χ0n) is 17.2. The predicted octanol–water partition coefficient (Wildman–Crippen LogP) is 3.12. The van der Waals surface area contributed by atoms with Gasteiger partial charge in [0.25, 0.3) is 0 Å². The molecule has 0 aliphatic rings. The van der Waals surface area contributed by atoms with Gasteiger partial charge in [0, 0.05) is 5.56 Å². The van der Waals surface area contributed by atoms with Gasteiger partial charge in [-0.1, -0.05) is 53.5 Å². The van der Waals surface area contributed by atoms with Crippen LogP contribution in [0.1, 0.15) is 0 Å². The topological polar surface area (TPSA) is 113 Å². The monoisotopic (exact) mass is 506 g/mol. The second-order valence-corrected chi connectivity index (χ2v) is 8.25. The molecule has 4 aromatic rings. The van der Waals surface area contributed by atoms with E-state index in [0.29, 0.717) is 15.8 Å². The van der Waals surface area contributed by atoms with Gasteiger partial charge in [-0.15, -0.1) is 10.2 Å². The molecule has 0 amide bonds. The number of hydrogen-bond donors (Lipinski definition) is 0. The molecule has 0 saturated carbocycles. The Morgan fingerprint density at radius 3 is 1.73 bits per heavy atom. The molecule has 33 heavy (non-hydrogen) atoms. The van der Waals surface area contributed by atoms with Crippen molar-refractivity contribution in [1.82, 2.24) is 0 Å². The van der Waals surface area contributed by atoms with E-state index in [9.17, 15) is 0 Å². The van der Waals surface area contributed by atoms with Crippen LogP contribution in [0.2, 0.25) is 10.0 Å². The van der Waals surface area contributed by atoms with Crippen LogP contribution in [0.25, 0.3) is 33.8 Å². The maximum atomic E-state index is 8.49. The zero-order chi connectivity index (χ0) is 24.0. The molecule has 0 aliphatic carbocycles. The summed E-state index contributed by atoms with van der Waals surface area (Å²) in [4.78, 5) is 0. The quantitative estimate of drug-likeness (QED) is 0.392. The smallest absolute Gasteiger partial charge is 0.361 e. The Morgan fingerprint density at radius 2 is 1.18 bits per heavy atom. The molecule has 3 aromatic carbocycles. The minimum atomic E-state index is -4.94. The molecular formula is C24H17Cl3O6. The third-order valence-electron chi connectivity index (χ3n) is 4.48. The van der Waals surface area contributed by atoms with Gasteiger partial charge in [-0.3, -0.25) is 0 Å². The molecule has 0 spiro atoms. The van der Waals surface area contributed by atoms with E-state index in [1.165, 1.54) is 0 Å². The Morgan fingerprint density at radius 1 is 0.636 bits per heavy atom. The lowest BCUT2D eigenvalue weighted by atomic mass is 10.0.